The smallest absolute Gasteiger partial charge is 0.0411 e. The van der Waals surface area contributed by atoms with Gasteiger partial charge in [-0.05, 0) is 0 Å². The van der Waals surface area contributed by atoms with Crippen molar-refractivity contribution in [3.8, 4) is 11.1 Å². The fourth-order valence-electron chi connectivity index (χ4n) is 2.42. The van der Waals surface area contributed by atoms with Gasteiger partial charge in [-0.25, -0.2) is 0 Å². The van der Waals surface area contributed by atoms with Gasteiger partial charge >= 0.3 is 118 Å². The summed E-state index contributed by atoms with van der Waals surface area (Å²) in [6.45, 7) is 11.5. The van der Waals surface area contributed by atoms with Crippen molar-refractivity contribution in [3.05, 3.63) is 65.2 Å². The van der Waals surface area contributed by atoms with E-state index in [1.54, 1.807) is 24.7 Å². The van der Waals surface area contributed by atoms with E-state index in [0.717, 1.165) is 0 Å². The van der Waals surface area contributed by atoms with Gasteiger partial charge in [0.2, 0.25) is 0 Å². The Bertz CT molecular complexity index is 660. The van der Waals surface area contributed by atoms with Crippen molar-refractivity contribution in [1.82, 2.24) is 0 Å². The molecule has 1 unspecified atom stereocenters. The number of benzene rings is 2. The second-order valence-corrected chi connectivity index (χ2v) is 14.9. The molecule has 2 aromatic carbocycles. The first kappa shape index (κ1) is 17.6. The maximum Gasteiger partial charge on any atom is 0.0411 e. The SMILES string of the molecule is CC1=Cc2c(-c3ccccc3)cccc2[CH]1[Zr].C[Si](C)(C)C. The number of allylic oxidation sites excluding steroid dienone is 1. The normalized spacial score (nSPS) is 16.4. The number of fused-ring (bicyclic) bond motifs is 1. The fraction of sp³-hybridized carbons (Fsp3) is 0.300. The van der Waals surface area contributed by atoms with Crippen molar-refractivity contribution in [2.75, 3.05) is 0 Å². The van der Waals surface area contributed by atoms with Crippen LogP contribution in [-0.2, 0) is 24.7 Å². The molecule has 0 amide bonds. The summed E-state index contributed by atoms with van der Waals surface area (Å²) in [5.41, 5.74) is 7.12. The monoisotopic (exact) mass is 383 g/mol. The van der Waals surface area contributed by atoms with Crippen molar-refractivity contribution in [2.45, 2.75) is 36.7 Å². The van der Waals surface area contributed by atoms with Gasteiger partial charge in [-0.2, -0.15) is 0 Å². The molecule has 0 spiro atoms. The van der Waals surface area contributed by atoms with Gasteiger partial charge in [0, 0.05) is 8.07 Å². The molecule has 0 heterocycles. The van der Waals surface area contributed by atoms with Crippen LogP contribution in [0.2, 0.25) is 26.2 Å². The largest absolute Gasteiger partial charge is 0.0697 e. The third-order valence-electron chi connectivity index (χ3n) is 3.36. The van der Waals surface area contributed by atoms with E-state index in [0.29, 0.717) is 3.63 Å². The van der Waals surface area contributed by atoms with E-state index >= 15 is 0 Å². The third kappa shape index (κ3) is 4.64. The third-order valence-corrected chi connectivity index (χ3v) is 5.25. The van der Waals surface area contributed by atoms with Gasteiger partial charge < -0.3 is 0 Å². The minimum absolute atomic E-state index is 0.611. The Labute approximate surface area is 151 Å². The molecule has 3 rings (SSSR count). The van der Waals surface area contributed by atoms with Crippen molar-refractivity contribution < 1.29 is 24.7 Å². The molecule has 0 N–H and O–H groups in total. The molecular formula is C20H25SiZr. The Morgan fingerprint density at radius 2 is 1.45 bits per heavy atom. The minimum Gasteiger partial charge on any atom is -0.0697 e. The van der Waals surface area contributed by atoms with Crippen LogP contribution in [0.1, 0.15) is 21.7 Å². The van der Waals surface area contributed by atoms with E-state index in [4.69, 9.17) is 0 Å². The minimum atomic E-state index is -0.611. The summed E-state index contributed by atoms with van der Waals surface area (Å²) in [4.78, 5) is 0. The first-order valence-electron chi connectivity index (χ1n) is 7.85. The summed E-state index contributed by atoms with van der Waals surface area (Å²) >= 11 is 1.58. The summed E-state index contributed by atoms with van der Waals surface area (Å²) in [6, 6.07) is 17.3. The Kier molecular flexibility index (Phi) is 5.80. The average Bonchev–Trinajstić information content (AvgIpc) is 2.74. The molecule has 0 fully saturated rings. The zero-order chi connectivity index (χ0) is 16.3. The van der Waals surface area contributed by atoms with Crippen LogP contribution in [0.15, 0.2) is 54.1 Å². The molecule has 2 heteroatoms. The predicted octanol–water partition coefficient (Wildman–Crippen LogP) is 6.31. The molecule has 1 atom stereocenters. The molecule has 1 aliphatic rings. The van der Waals surface area contributed by atoms with E-state index in [9.17, 15) is 0 Å². The summed E-state index contributed by atoms with van der Waals surface area (Å²) < 4.78 is 0.654. The van der Waals surface area contributed by atoms with E-state index in [2.05, 4.69) is 87.7 Å². The summed E-state index contributed by atoms with van der Waals surface area (Å²) in [5, 5.41) is 0. The molecule has 0 aliphatic heterocycles. The molecule has 2 aromatic rings. The Balaban J connectivity index is 0.000000309. The molecule has 0 nitrogen and oxygen atoms in total. The van der Waals surface area contributed by atoms with Gasteiger partial charge in [-0.1, -0.05) is 26.2 Å². The molecule has 113 valence electrons. The number of rotatable bonds is 1. The molecule has 0 bridgehead atoms. The van der Waals surface area contributed by atoms with Crippen molar-refractivity contribution in [3.63, 3.8) is 0 Å². The second kappa shape index (κ2) is 7.23. The van der Waals surface area contributed by atoms with Crippen LogP contribution in [-0.4, -0.2) is 8.07 Å². The van der Waals surface area contributed by atoms with Crippen LogP contribution < -0.4 is 0 Å². The average molecular weight is 385 g/mol. The molecule has 0 saturated carbocycles. The summed E-state index contributed by atoms with van der Waals surface area (Å²) in [5.74, 6) is 0. The van der Waals surface area contributed by atoms with Crippen LogP contribution in [0.5, 0.6) is 0 Å². The maximum absolute atomic E-state index is 2.36. The van der Waals surface area contributed by atoms with Crippen molar-refractivity contribution in [2.24, 2.45) is 0 Å². The fourth-order valence-corrected chi connectivity index (χ4v) is 3.25. The summed E-state index contributed by atoms with van der Waals surface area (Å²) in [7, 11) is -0.611. The van der Waals surface area contributed by atoms with Crippen molar-refractivity contribution in [1.29, 1.82) is 0 Å². The van der Waals surface area contributed by atoms with Gasteiger partial charge in [0.15, 0.2) is 0 Å². The summed E-state index contributed by atoms with van der Waals surface area (Å²) in [6.07, 6.45) is 2.36. The topological polar surface area (TPSA) is 0 Å². The van der Waals surface area contributed by atoms with Crippen molar-refractivity contribution >= 4 is 14.1 Å². The van der Waals surface area contributed by atoms with Gasteiger partial charge in [0.05, 0.1) is 0 Å². The molecular weight excluding hydrogens is 360 g/mol. The van der Waals surface area contributed by atoms with Crippen LogP contribution in [0.25, 0.3) is 17.2 Å². The zero-order valence-electron chi connectivity index (χ0n) is 14.3. The Hall–Kier alpha value is -0.720. The number of hydrogen-bond acceptors (Lipinski definition) is 0. The van der Waals surface area contributed by atoms with Crippen LogP contribution >= 0.6 is 0 Å². The van der Waals surface area contributed by atoms with E-state index in [1.165, 1.54) is 27.8 Å². The standard InChI is InChI=1S/C16H13.C4H12Si.Zr/c1-12-10-14-8-5-9-15(16(14)11-12)13-6-3-2-4-7-13;1-5(2,3)4;/h2-11H,1H3;1-4H3;. The van der Waals surface area contributed by atoms with E-state index in [1.807, 2.05) is 0 Å². The quantitative estimate of drug-likeness (QED) is 0.505. The van der Waals surface area contributed by atoms with Gasteiger partial charge in [0.25, 0.3) is 0 Å². The van der Waals surface area contributed by atoms with Crippen LogP contribution in [0, 0.1) is 0 Å². The molecule has 0 saturated heterocycles. The molecule has 22 heavy (non-hydrogen) atoms. The van der Waals surface area contributed by atoms with Gasteiger partial charge in [-0.3, -0.25) is 0 Å². The predicted molar refractivity (Wildman–Crippen MR) is 97.5 cm³/mol. The van der Waals surface area contributed by atoms with Crippen LogP contribution in [0.4, 0.5) is 0 Å². The molecule has 0 radical (unpaired) electrons. The Morgan fingerprint density at radius 1 is 0.864 bits per heavy atom. The Morgan fingerprint density at radius 3 is 2.05 bits per heavy atom. The molecule has 0 aromatic heterocycles. The first-order valence-corrected chi connectivity index (χ1v) is 13.3. The number of hydrogen-bond donors (Lipinski definition) is 0. The van der Waals surface area contributed by atoms with Crippen LogP contribution in [0.3, 0.4) is 0 Å². The maximum atomic E-state index is 2.36. The first-order chi connectivity index (χ1) is 10.3. The molecule has 1 aliphatic carbocycles. The zero-order valence-corrected chi connectivity index (χ0v) is 17.7. The van der Waals surface area contributed by atoms with E-state index in [-0.39, 0.29) is 0 Å². The van der Waals surface area contributed by atoms with Gasteiger partial charge in [0.1, 0.15) is 0 Å². The second-order valence-electron chi connectivity index (χ2n) is 7.50. The van der Waals surface area contributed by atoms with Gasteiger partial charge in [-0.15, -0.1) is 0 Å². The van der Waals surface area contributed by atoms with E-state index < -0.39 is 8.07 Å².